The molecular formula is C24H31N5O3. The normalized spacial score (nSPS) is 23.0. The van der Waals surface area contributed by atoms with E-state index in [2.05, 4.69) is 53.2 Å². The highest BCUT2D eigenvalue weighted by Crippen LogP contribution is 2.32. The van der Waals surface area contributed by atoms with Gasteiger partial charge in [0.05, 0.1) is 11.5 Å². The first-order valence-electron chi connectivity index (χ1n) is 11.4. The number of carbonyl (C=O) groups is 2. The molecule has 1 aromatic carbocycles. The summed E-state index contributed by atoms with van der Waals surface area (Å²) in [5.74, 6) is -0.600. The smallest absolute Gasteiger partial charge is 0.258 e. The van der Waals surface area contributed by atoms with E-state index in [-0.39, 0.29) is 41.4 Å². The molecule has 2 aliphatic heterocycles. The number of carbonyl (C=O) groups excluding carboxylic acids is 2. The highest BCUT2D eigenvalue weighted by molar-refractivity contribution is 6.04. The van der Waals surface area contributed by atoms with Crippen LogP contribution in [-0.4, -0.2) is 33.9 Å². The van der Waals surface area contributed by atoms with Crippen LogP contribution in [0.5, 0.6) is 0 Å². The van der Waals surface area contributed by atoms with E-state index in [0.717, 1.165) is 19.3 Å². The zero-order valence-electron chi connectivity index (χ0n) is 19.1. The van der Waals surface area contributed by atoms with Gasteiger partial charge < -0.3 is 15.5 Å². The molecule has 170 valence electrons. The second kappa shape index (κ2) is 8.76. The van der Waals surface area contributed by atoms with Gasteiger partial charge in [0, 0.05) is 24.2 Å². The van der Waals surface area contributed by atoms with Gasteiger partial charge in [0.1, 0.15) is 5.82 Å². The van der Waals surface area contributed by atoms with Crippen molar-refractivity contribution in [2.75, 3.05) is 15.5 Å². The molecule has 3 heterocycles. The van der Waals surface area contributed by atoms with Crippen LogP contribution in [-0.2, 0) is 9.59 Å². The Balaban J connectivity index is 1.63. The van der Waals surface area contributed by atoms with Crippen molar-refractivity contribution in [2.45, 2.75) is 77.3 Å². The second-order valence-electron chi connectivity index (χ2n) is 9.26. The Bertz CT molecular complexity index is 1070. The first kappa shape index (κ1) is 22.0. The highest BCUT2D eigenvalue weighted by Gasteiger charge is 2.36. The van der Waals surface area contributed by atoms with E-state index < -0.39 is 11.8 Å². The summed E-state index contributed by atoms with van der Waals surface area (Å²) < 4.78 is 0. The van der Waals surface area contributed by atoms with E-state index in [1.54, 1.807) is 0 Å². The minimum Gasteiger partial charge on any atom is -0.337 e. The van der Waals surface area contributed by atoms with Crippen molar-refractivity contribution in [3.05, 3.63) is 45.7 Å². The number of fused-ring (bicyclic) bond motifs is 1. The maximum atomic E-state index is 13.1. The van der Waals surface area contributed by atoms with Crippen molar-refractivity contribution in [1.29, 1.82) is 0 Å². The van der Waals surface area contributed by atoms with Gasteiger partial charge in [-0.2, -0.15) is 4.98 Å². The molecule has 3 unspecified atom stereocenters. The van der Waals surface area contributed by atoms with E-state index in [9.17, 15) is 14.4 Å². The van der Waals surface area contributed by atoms with E-state index in [1.165, 1.54) is 5.56 Å². The van der Waals surface area contributed by atoms with E-state index >= 15 is 0 Å². The Morgan fingerprint density at radius 2 is 1.78 bits per heavy atom. The Morgan fingerprint density at radius 1 is 1.12 bits per heavy atom. The molecule has 2 aliphatic rings. The molecule has 1 aromatic heterocycles. The quantitative estimate of drug-likeness (QED) is 0.676. The van der Waals surface area contributed by atoms with Crippen LogP contribution in [0.1, 0.15) is 76.3 Å². The number of rotatable bonds is 4. The molecule has 2 amide bonds. The average molecular weight is 438 g/mol. The first-order valence-corrected chi connectivity index (χ1v) is 11.4. The predicted octanol–water partition coefficient (Wildman–Crippen LogP) is 3.73. The van der Waals surface area contributed by atoms with Gasteiger partial charge in [0.2, 0.25) is 17.8 Å². The molecular weight excluding hydrogens is 406 g/mol. The van der Waals surface area contributed by atoms with Crippen molar-refractivity contribution < 1.29 is 9.59 Å². The molecule has 2 aromatic rings. The van der Waals surface area contributed by atoms with Crippen LogP contribution in [0, 0.1) is 0 Å². The summed E-state index contributed by atoms with van der Waals surface area (Å²) in [5.41, 5.74) is 1.62. The zero-order valence-corrected chi connectivity index (χ0v) is 19.1. The van der Waals surface area contributed by atoms with Crippen LogP contribution in [0.3, 0.4) is 0 Å². The fraction of sp³-hybridized carbons (Fsp3) is 0.500. The number of aromatic amines is 1. The van der Waals surface area contributed by atoms with Crippen LogP contribution in [0.4, 0.5) is 17.5 Å². The Hall–Kier alpha value is -3.16. The van der Waals surface area contributed by atoms with Gasteiger partial charge in [-0.25, -0.2) is 0 Å². The third-order valence-corrected chi connectivity index (χ3v) is 6.54. The molecule has 0 saturated carbocycles. The average Bonchev–Trinajstić information content (AvgIpc) is 2.73. The number of anilines is 3. The third kappa shape index (κ3) is 4.26. The number of amides is 2. The third-order valence-electron chi connectivity index (χ3n) is 6.54. The molecule has 4 rings (SSSR count). The summed E-state index contributed by atoms with van der Waals surface area (Å²) in [4.78, 5) is 48.1. The molecule has 0 spiro atoms. The molecule has 0 bridgehead atoms. The van der Waals surface area contributed by atoms with Crippen molar-refractivity contribution >= 4 is 29.3 Å². The van der Waals surface area contributed by atoms with E-state index in [0.29, 0.717) is 17.6 Å². The molecule has 0 radical (unpaired) electrons. The van der Waals surface area contributed by atoms with E-state index in [1.807, 2.05) is 24.3 Å². The molecule has 8 nitrogen and oxygen atoms in total. The van der Waals surface area contributed by atoms with E-state index in [4.69, 9.17) is 0 Å². The summed E-state index contributed by atoms with van der Waals surface area (Å²) in [7, 11) is 0. The van der Waals surface area contributed by atoms with Crippen molar-refractivity contribution in [3.63, 3.8) is 0 Å². The van der Waals surface area contributed by atoms with Gasteiger partial charge in [-0.15, -0.1) is 0 Å². The Morgan fingerprint density at radius 3 is 2.41 bits per heavy atom. The topological polar surface area (TPSA) is 107 Å². The number of hydrogen-bond donors (Lipinski definition) is 3. The lowest BCUT2D eigenvalue weighted by Crippen LogP contribution is -2.46. The maximum Gasteiger partial charge on any atom is 0.258 e. The van der Waals surface area contributed by atoms with Crippen LogP contribution >= 0.6 is 0 Å². The van der Waals surface area contributed by atoms with Crippen LogP contribution in [0.2, 0.25) is 0 Å². The minimum absolute atomic E-state index is 0.0937. The van der Waals surface area contributed by atoms with Crippen LogP contribution in [0.15, 0.2) is 29.1 Å². The highest BCUT2D eigenvalue weighted by atomic mass is 16.2. The van der Waals surface area contributed by atoms with Gasteiger partial charge >= 0.3 is 0 Å². The van der Waals surface area contributed by atoms with Crippen LogP contribution in [0.25, 0.3) is 0 Å². The SMILES string of the molecule is CC(C)c1ccc(NC(=O)C2CC(=O)Nc3nc(N4C(C)CCCC4C)[nH]c(=O)c32)cc1. The zero-order chi connectivity index (χ0) is 23.0. The minimum atomic E-state index is -0.898. The van der Waals surface area contributed by atoms with Gasteiger partial charge in [-0.3, -0.25) is 19.4 Å². The van der Waals surface area contributed by atoms with Gasteiger partial charge in [0.15, 0.2) is 0 Å². The Labute approximate surface area is 187 Å². The summed E-state index contributed by atoms with van der Waals surface area (Å²) in [6.07, 6.45) is 3.06. The summed E-state index contributed by atoms with van der Waals surface area (Å²) in [5, 5.41) is 5.55. The molecule has 3 N–H and O–H groups in total. The van der Waals surface area contributed by atoms with Gasteiger partial charge in [-0.1, -0.05) is 26.0 Å². The standard InChI is InChI=1S/C24H31N5O3/c1-13(2)16-8-10-17(11-9-16)25-22(31)18-12-19(30)26-21-20(18)23(32)28-24(27-21)29-14(3)6-5-7-15(29)4/h8-11,13-15,18H,5-7,12H2,1-4H3,(H,25,31)(H2,26,27,28,30,32). The summed E-state index contributed by atoms with van der Waals surface area (Å²) >= 11 is 0. The number of aromatic nitrogens is 2. The molecule has 1 fully saturated rings. The van der Waals surface area contributed by atoms with Crippen LogP contribution < -0.4 is 21.1 Å². The number of hydrogen-bond acceptors (Lipinski definition) is 5. The molecule has 32 heavy (non-hydrogen) atoms. The summed E-state index contributed by atoms with van der Waals surface area (Å²) in [6.45, 7) is 8.41. The predicted molar refractivity (Wildman–Crippen MR) is 125 cm³/mol. The van der Waals surface area contributed by atoms with Crippen molar-refractivity contribution in [2.24, 2.45) is 0 Å². The van der Waals surface area contributed by atoms with Gasteiger partial charge in [-0.05, 0) is 56.7 Å². The number of nitrogens with one attached hydrogen (secondary N) is 3. The maximum absolute atomic E-state index is 13.1. The van der Waals surface area contributed by atoms with Crippen molar-refractivity contribution in [1.82, 2.24) is 9.97 Å². The van der Waals surface area contributed by atoms with Crippen molar-refractivity contribution in [3.8, 4) is 0 Å². The molecule has 3 atom stereocenters. The molecule has 0 aliphatic carbocycles. The fourth-order valence-electron chi connectivity index (χ4n) is 4.73. The lowest BCUT2D eigenvalue weighted by Gasteiger charge is -2.39. The molecule has 8 heteroatoms. The largest absolute Gasteiger partial charge is 0.337 e. The van der Waals surface area contributed by atoms with Gasteiger partial charge in [0.25, 0.3) is 5.56 Å². The lowest BCUT2D eigenvalue weighted by molar-refractivity contribution is -0.123. The number of H-pyrrole nitrogens is 1. The number of benzene rings is 1. The molecule has 1 saturated heterocycles. The first-order chi connectivity index (χ1) is 15.2. The monoisotopic (exact) mass is 437 g/mol. The fourth-order valence-corrected chi connectivity index (χ4v) is 4.73. The second-order valence-corrected chi connectivity index (χ2v) is 9.26. The number of nitrogens with zero attached hydrogens (tertiary/aromatic N) is 2. The Kier molecular flexibility index (Phi) is 6.04. The number of piperidine rings is 1. The summed E-state index contributed by atoms with van der Waals surface area (Å²) in [6, 6.07) is 8.05. The lowest BCUT2D eigenvalue weighted by atomic mass is 9.92.